The van der Waals surface area contributed by atoms with Gasteiger partial charge in [0.1, 0.15) is 12.6 Å². The van der Waals surface area contributed by atoms with Crippen LogP contribution >= 0.6 is 0 Å². The monoisotopic (exact) mass is 432 g/mol. The predicted molar refractivity (Wildman–Crippen MR) is 118 cm³/mol. The van der Waals surface area contributed by atoms with Crippen LogP contribution in [-0.4, -0.2) is 34.7 Å². The molecule has 8 heteroatoms. The Labute approximate surface area is 183 Å². The number of carboxylic acids is 1. The maximum absolute atomic E-state index is 13.0. The summed E-state index contributed by atoms with van der Waals surface area (Å²) >= 11 is 0. The summed E-state index contributed by atoms with van der Waals surface area (Å²) in [5, 5.41) is 20.4. The lowest BCUT2D eigenvalue weighted by Gasteiger charge is -2.26. The Hall–Kier alpha value is -4.20. The van der Waals surface area contributed by atoms with Gasteiger partial charge in [-0.05, 0) is 41.3 Å². The molecule has 1 atom stereocenters. The number of aliphatic carboxylic acids is 1. The van der Waals surface area contributed by atoms with Gasteiger partial charge in [-0.3, -0.25) is 15.0 Å². The van der Waals surface area contributed by atoms with Crippen LogP contribution in [0.15, 0.2) is 72.8 Å². The van der Waals surface area contributed by atoms with E-state index in [1.54, 1.807) is 0 Å². The van der Waals surface area contributed by atoms with Gasteiger partial charge in [0.05, 0.1) is 4.92 Å². The topological polar surface area (TPSA) is 110 Å². The highest BCUT2D eigenvalue weighted by Gasteiger charge is 2.32. The first-order chi connectivity index (χ1) is 15.4. The van der Waals surface area contributed by atoms with E-state index < -0.39 is 23.0 Å². The molecular formula is C24H20N2O6. The second-order valence-corrected chi connectivity index (χ2v) is 7.46. The van der Waals surface area contributed by atoms with Crippen molar-refractivity contribution >= 4 is 23.4 Å². The molecule has 3 aromatic carbocycles. The molecule has 8 nitrogen and oxygen atoms in total. The number of ether oxygens (including phenoxy) is 1. The number of rotatable bonds is 6. The Balaban J connectivity index is 1.59. The van der Waals surface area contributed by atoms with Gasteiger partial charge in [-0.25, -0.2) is 9.59 Å². The summed E-state index contributed by atoms with van der Waals surface area (Å²) in [5.41, 5.74) is 4.27. The molecule has 0 saturated heterocycles. The van der Waals surface area contributed by atoms with Crippen LogP contribution in [0.2, 0.25) is 0 Å². The Bertz CT molecular complexity index is 1150. The van der Waals surface area contributed by atoms with E-state index in [2.05, 4.69) is 0 Å². The summed E-state index contributed by atoms with van der Waals surface area (Å²) in [6.07, 6.45) is -0.837. The fraction of sp³-hybridized carbons (Fsp3) is 0.167. The van der Waals surface area contributed by atoms with Crippen molar-refractivity contribution < 1.29 is 24.4 Å². The zero-order valence-electron chi connectivity index (χ0n) is 17.2. The Morgan fingerprint density at radius 1 is 1.00 bits per heavy atom. The second-order valence-electron chi connectivity index (χ2n) is 7.46. The number of nitro benzene ring substituents is 1. The third kappa shape index (κ3) is 3.78. The van der Waals surface area contributed by atoms with E-state index in [1.807, 2.05) is 48.5 Å². The molecule has 0 aliphatic heterocycles. The van der Waals surface area contributed by atoms with Gasteiger partial charge in [-0.2, -0.15) is 0 Å². The zero-order valence-corrected chi connectivity index (χ0v) is 17.2. The highest BCUT2D eigenvalue weighted by molar-refractivity contribution is 5.95. The lowest BCUT2D eigenvalue weighted by molar-refractivity contribution is -0.384. The predicted octanol–water partition coefficient (Wildman–Crippen LogP) is 4.82. The number of fused-ring (bicyclic) bond motifs is 3. The molecule has 4 rings (SSSR count). The number of non-ortho nitro benzene ring substituents is 1. The van der Waals surface area contributed by atoms with Gasteiger partial charge in [0.2, 0.25) is 0 Å². The van der Waals surface area contributed by atoms with Crippen LogP contribution < -0.4 is 4.90 Å². The fourth-order valence-electron chi connectivity index (χ4n) is 4.00. The van der Waals surface area contributed by atoms with Gasteiger partial charge >= 0.3 is 12.1 Å². The molecule has 32 heavy (non-hydrogen) atoms. The molecule has 3 aromatic rings. The van der Waals surface area contributed by atoms with Crippen LogP contribution in [0.1, 0.15) is 24.0 Å². The molecule has 0 heterocycles. The van der Waals surface area contributed by atoms with E-state index in [0.717, 1.165) is 27.2 Å². The van der Waals surface area contributed by atoms with Gasteiger partial charge in [-0.15, -0.1) is 0 Å². The molecular weight excluding hydrogens is 412 g/mol. The Morgan fingerprint density at radius 3 is 2.03 bits per heavy atom. The van der Waals surface area contributed by atoms with Crippen molar-refractivity contribution in [2.45, 2.75) is 18.9 Å². The van der Waals surface area contributed by atoms with E-state index in [-0.39, 0.29) is 23.9 Å². The first kappa shape index (κ1) is 21.0. The average molecular weight is 432 g/mol. The van der Waals surface area contributed by atoms with Crippen LogP contribution in [0.3, 0.4) is 0 Å². The summed E-state index contributed by atoms with van der Waals surface area (Å²) < 4.78 is 5.60. The first-order valence-electron chi connectivity index (χ1n) is 10.00. The third-order valence-electron chi connectivity index (χ3n) is 5.62. The maximum atomic E-state index is 13.0. The maximum Gasteiger partial charge on any atom is 0.415 e. The average Bonchev–Trinajstić information content (AvgIpc) is 3.12. The van der Waals surface area contributed by atoms with Gasteiger partial charge in [-0.1, -0.05) is 48.5 Å². The van der Waals surface area contributed by atoms with Crippen molar-refractivity contribution in [1.29, 1.82) is 0 Å². The molecule has 0 fully saturated rings. The quantitative estimate of drug-likeness (QED) is 0.442. The van der Waals surface area contributed by atoms with E-state index in [0.29, 0.717) is 0 Å². The number of carbonyl (C=O) groups is 2. The molecule has 1 amide bonds. The molecule has 0 unspecified atom stereocenters. The van der Waals surface area contributed by atoms with Crippen LogP contribution in [0.4, 0.5) is 16.2 Å². The lowest BCUT2D eigenvalue weighted by Crippen LogP contribution is -2.44. The standard InChI is InChI=1S/C24H20N2O6/c1-15(23(27)28)25(16-10-12-17(13-11-16)26(30)31)24(29)32-14-22-20-8-4-2-6-18(20)19-7-3-5-9-21(19)22/h2-13,15,22H,14H2,1H3,(H,27,28)/t15-/m0/s1. The van der Waals surface area contributed by atoms with E-state index >= 15 is 0 Å². The fourth-order valence-corrected chi connectivity index (χ4v) is 4.00. The number of hydrogen-bond donors (Lipinski definition) is 1. The zero-order chi connectivity index (χ0) is 22.8. The summed E-state index contributed by atoms with van der Waals surface area (Å²) in [4.78, 5) is 36.0. The van der Waals surface area contributed by atoms with Crippen molar-refractivity contribution in [2.75, 3.05) is 11.5 Å². The Kier molecular flexibility index (Phi) is 5.59. The minimum atomic E-state index is -1.23. The SMILES string of the molecule is C[C@@H](C(=O)O)N(C(=O)OCC1c2ccccc2-c2ccccc21)c1ccc([N+](=O)[O-])cc1. The van der Waals surface area contributed by atoms with Crippen LogP contribution in [0.5, 0.6) is 0 Å². The molecule has 0 aromatic heterocycles. The van der Waals surface area contributed by atoms with Crippen molar-refractivity contribution in [3.05, 3.63) is 94.0 Å². The Morgan fingerprint density at radius 2 is 1.53 bits per heavy atom. The van der Waals surface area contributed by atoms with Crippen molar-refractivity contribution in [3.8, 4) is 11.1 Å². The molecule has 1 aliphatic rings. The third-order valence-corrected chi connectivity index (χ3v) is 5.62. The summed E-state index contributed by atoms with van der Waals surface area (Å²) in [6.45, 7) is 1.38. The van der Waals surface area contributed by atoms with Crippen LogP contribution in [0.25, 0.3) is 11.1 Å². The van der Waals surface area contributed by atoms with Crippen LogP contribution in [-0.2, 0) is 9.53 Å². The second kappa shape index (κ2) is 8.50. The van der Waals surface area contributed by atoms with Crippen molar-refractivity contribution in [2.24, 2.45) is 0 Å². The van der Waals surface area contributed by atoms with Crippen molar-refractivity contribution in [1.82, 2.24) is 0 Å². The summed E-state index contributed by atoms with van der Waals surface area (Å²) in [7, 11) is 0. The molecule has 1 aliphatic carbocycles. The summed E-state index contributed by atoms with van der Waals surface area (Å²) in [5.74, 6) is -1.40. The number of nitrogens with zero attached hydrogens (tertiary/aromatic N) is 2. The van der Waals surface area contributed by atoms with E-state index in [4.69, 9.17) is 4.74 Å². The molecule has 0 radical (unpaired) electrons. The van der Waals surface area contributed by atoms with Gasteiger partial charge < -0.3 is 9.84 Å². The molecule has 1 N–H and O–H groups in total. The highest BCUT2D eigenvalue weighted by atomic mass is 16.6. The number of amides is 1. The first-order valence-corrected chi connectivity index (χ1v) is 10.00. The van der Waals surface area contributed by atoms with Gasteiger partial charge in [0.15, 0.2) is 0 Å². The van der Waals surface area contributed by atoms with E-state index in [9.17, 15) is 24.8 Å². The van der Waals surface area contributed by atoms with Crippen molar-refractivity contribution in [3.63, 3.8) is 0 Å². The number of benzene rings is 3. The normalized spacial score (nSPS) is 13.0. The lowest BCUT2D eigenvalue weighted by atomic mass is 9.98. The number of hydrogen-bond acceptors (Lipinski definition) is 5. The number of anilines is 1. The number of carbonyl (C=O) groups excluding carboxylic acids is 1. The largest absolute Gasteiger partial charge is 0.480 e. The highest BCUT2D eigenvalue weighted by Crippen LogP contribution is 2.44. The molecule has 0 spiro atoms. The molecule has 0 bridgehead atoms. The van der Waals surface area contributed by atoms with E-state index in [1.165, 1.54) is 31.2 Å². The number of carboxylic acid groups (broad SMARTS) is 1. The molecule has 162 valence electrons. The van der Waals surface area contributed by atoms with Gasteiger partial charge in [0.25, 0.3) is 5.69 Å². The molecule has 0 saturated carbocycles. The summed E-state index contributed by atoms with van der Waals surface area (Å²) in [6, 6.07) is 19.6. The minimum absolute atomic E-state index is 0.0304. The van der Waals surface area contributed by atoms with Crippen LogP contribution in [0, 0.1) is 10.1 Å². The number of nitro groups is 1. The minimum Gasteiger partial charge on any atom is -0.480 e. The smallest absolute Gasteiger partial charge is 0.415 e. The van der Waals surface area contributed by atoms with Gasteiger partial charge in [0, 0.05) is 23.7 Å².